The number of amides is 1. The molecule has 2 aliphatic rings. The summed E-state index contributed by atoms with van der Waals surface area (Å²) in [7, 11) is 0. The van der Waals surface area contributed by atoms with Crippen molar-refractivity contribution in [3.63, 3.8) is 0 Å². The number of hydrogen-bond acceptors (Lipinski definition) is 4. The van der Waals surface area contributed by atoms with E-state index in [0.717, 1.165) is 58.5 Å². The van der Waals surface area contributed by atoms with Crippen LogP contribution in [0, 0.1) is 5.92 Å². The van der Waals surface area contributed by atoms with E-state index in [-0.39, 0.29) is 18.1 Å². The third-order valence-corrected chi connectivity index (χ3v) is 3.57. The topological polar surface area (TPSA) is 64.8 Å². The zero-order valence-electron chi connectivity index (χ0n) is 10.3. The predicted molar refractivity (Wildman–Crippen MR) is 63.3 cm³/mol. The van der Waals surface area contributed by atoms with Crippen LogP contribution < -0.4 is 5.73 Å². The molecule has 1 amide bonds. The van der Waals surface area contributed by atoms with Gasteiger partial charge in [-0.25, -0.2) is 0 Å². The van der Waals surface area contributed by atoms with Gasteiger partial charge in [-0.3, -0.25) is 4.79 Å². The van der Waals surface area contributed by atoms with Crippen molar-refractivity contribution >= 4 is 5.91 Å². The average Bonchev–Trinajstić information content (AvgIpc) is 2.38. The first-order valence-electron chi connectivity index (χ1n) is 6.50. The third kappa shape index (κ3) is 3.94. The van der Waals surface area contributed by atoms with E-state index in [9.17, 15) is 4.79 Å². The molecule has 5 nitrogen and oxygen atoms in total. The first kappa shape index (κ1) is 12.8. The minimum atomic E-state index is -0.149. The van der Waals surface area contributed by atoms with Gasteiger partial charge in [-0.1, -0.05) is 0 Å². The molecule has 98 valence electrons. The van der Waals surface area contributed by atoms with Crippen LogP contribution in [-0.4, -0.2) is 49.9 Å². The van der Waals surface area contributed by atoms with Crippen LogP contribution in [0.4, 0.5) is 0 Å². The Morgan fingerprint density at radius 1 is 1.24 bits per heavy atom. The Bertz CT molecular complexity index is 246. The lowest BCUT2D eigenvalue weighted by Gasteiger charge is -2.32. The Labute approximate surface area is 102 Å². The number of piperidine rings is 1. The van der Waals surface area contributed by atoms with E-state index in [1.807, 2.05) is 0 Å². The second-order valence-electron chi connectivity index (χ2n) is 4.83. The zero-order chi connectivity index (χ0) is 12.1. The van der Waals surface area contributed by atoms with Gasteiger partial charge in [0.15, 0.2) is 6.29 Å². The van der Waals surface area contributed by atoms with Crippen molar-refractivity contribution in [1.29, 1.82) is 0 Å². The maximum atomic E-state index is 11.0. The fourth-order valence-corrected chi connectivity index (χ4v) is 2.43. The number of likely N-dealkylation sites (tertiary alicyclic amines) is 1. The molecule has 2 fully saturated rings. The number of nitrogens with two attached hydrogens (primary N) is 1. The molecule has 0 aliphatic carbocycles. The van der Waals surface area contributed by atoms with Crippen LogP contribution in [0.5, 0.6) is 0 Å². The molecule has 17 heavy (non-hydrogen) atoms. The number of hydrogen-bond donors (Lipinski definition) is 1. The molecule has 2 aliphatic heterocycles. The minimum Gasteiger partial charge on any atom is -0.369 e. The van der Waals surface area contributed by atoms with Crippen molar-refractivity contribution in [2.45, 2.75) is 32.0 Å². The largest absolute Gasteiger partial charge is 0.369 e. The smallest absolute Gasteiger partial charge is 0.220 e. The van der Waals surface area contributed by atoms with Gasteiger partial charge in [0.2, 0.25) is 5.91 Å². The van der Waals surface area contributed by atoms with E-state index < -0.39 is 0 Å². The fourth-order valence-electron chi connectivity index (χ4n) is 2.43. The van der Waals surface area contributed by atoms with Gasteiger partial charge in [-0.2, -0.15) is 0 Å². The number of rotatable bonds is 4. The molecule has 2 rings (SSSR count). The summed E-state index contributed by atoms with van der Waals surface area (Å²) < 4.78 is 11.0. The highest BCUT2D eigenvalue weighted by Crippen LogP contribution is 2.18. The van der Waals surface area contributed by atoms with Crippen molar-refractivity contribution in [2.24, 2.45) is 11.7 Å². The van der Waals surface area contributed by atoms with E-state index in [1.165, 1.54) is 0 Å². The minimum absolute atomic E-state index is 0.0300. The summed E-state index contributed by atoms with van der Waals surface area (Å²) in [6, 6.07) is 0. The fraction of sp³-hybridized carbons (Fsp3) is 0.917. The zero-order valence-corrected chi connectivity index (χ0v) is 10.3. The molecule has 0 atom stereocenters. The Morgan fingerprint density at radius 3 is 2.47 bits per heavy atom. The summed E-state index contributed by atoms with van der Waals surface area (Å²) in [4.78, 5) is 13.4. The molecular formula is C12H22N2O3. The van der Waals surface area contributed by atoms with E-state index >= 15 is 0 Å². The number of ether oxygens (including phenoxy) is 2. The molecule has 2 heterocycles. The Kier molecular flexibility index (Phi) is 4.76. The second kappa shape index (κ2) is 6.33. The van der Waals surface area contributed by atoms with E-state index in [0.29, 0.717) is 0 Å². The van der Waals surface area contributed by atoms with Gasteiger partial charge in [-0.15, -0.1) is 0 Å². The number of nitrogens with zero attached hydrogens (tertiary/aromatic N) is 1. The van der Waals surface area contributed by atoms with E-state index in [4.69, 9.17) is 15.2 Å². The summed E-state index contributed by atoms with van der Waals surface area (Å²) in [6.07, 6.45) is 3.67. The molecular weight excluding hydrogens is 220 g/mol. The highest BCUT2D eigenvalue weighted by atomic mass is 16.7. The second-order valence-corrected chi connectivity index (χ2v) is 4.83. The van der Waals surface area contributed by atoms with Crippen LogP contribution in [0.3, 0.4) is 0 Å². The number of primary amides is 1. The lowest BCUT2D eigenvalue weighted by Crippen LogP contribution is -2.40. The normalized spacial score (nSPS) is 24.9. The summed E-state index contributed by atoms with van der Waals surface area (Å²) in [5.41, 5.74) is 5.31. The average molecular weight is 242 g/mol. The van der Waals surface area contributed by atoms with Crippen molar-refractivity contribution in [2.75, 3.05) is 32.8 Å². The number of carbonyl (C=O) groups is 1. The van der Waals surface area contributed by atoms with Crippen molar-refractivity contribution in [3.8, 4) is 0 Å². The highest BCUT2D eigenvalue weighted by Gasteiger charge is 2.23. The first-order valence-corrected chi connectivity index (χ1v) is 6.50. The molecule has 0 saturated carbocycles. The molecule has 0 aromatic heterocycles. The van der Waals surface area contributed by atoms with E-state index in [1.54, 1.807) is 0 Å². The number of carbonyl (C=O) groups excluding carboxylic acids is 1. The van der Waals surface area contributed by atoms with Gasteiger partial charge >= 0.3 is 0 Å². The molecule has 0 spiro atoms. The standard InChI is InChI=1S/C12H22N2O3/c13-12(15)10-2-5-14(6-3-10)7-4-11-16-8-1-9-17-11/h10-11H,1-9H2,(H2,13,15). The summed E-state index contributed by atoms with van der Waals surface area (Å²) in [5.74, 6) is -0.0722. The monoisotopic (exact) mass is 242 g/mol. The van der Waals surface area contributed by atoms with Crippen LogP contribution >= 0.6 is 0 Å². The predicted octanol–water partition coefficient (Wildman–Crippen LogP) is 0.337. The SMILES string of the molecule is NC(=O)C1CCN(CCC2OCCCO2)CC1. The van der Waals surface area contributed by atoms with Gasteiger partial charge in [0.05, 0.1) is 13.2 Å². The lowest BCUT2D eigenvalue weighted by molar-refractivity contribution is -0.183. The van der Waals surface area contributed by atoms with Crippen LogP contribution in [0.25, 0.3) is 0 Å². The third-order valence-electron chi connectivity index (χ3n) is 3.57. The van der Waals surface area contributed by atoms with Gasteiger partial charge in [0.1, 0.15) is 0 Å². The molecule has 0 radical (unpaired) electrons. The molecule has 0 aromatic carbocycles. The summed E-state index contributed by atoms with van der Waals surface area (Å²) >= 11 is 0. The van der Waals surface area contributed by atoms with E-state index in [2.05, 4.69) is 4.90 Å². The van der Waals surface area contributed by atoms with Crippen molar-refractivity contribution < 1.29 is 14.3 Å². The highest BCUT2D eigenvalue weighted by molar-refractivity contribution is 5.76. The maximum Gasteiger partial charge on any atom is 0.220 e. The van der Waals surface area contributed by atoms with Gasteiger partial charge in [0, 0.05) is 18.9 Å². The molecule has 5 heteroatoms. The summed E-state index contributed by atoms with van der Waals surface area (Å²) in [6.45, 7) is 4.53. The van der Waals surface area contributed by atoms with Crippen molar-refractivity contribution in [1.82, 2.24) is 4.90 Å². The lowest BCUT2D eigenvalue weighted by atomic mass is 9.96. The molecule has 0 unspecified atom stereocenters. The van der Waals surface area contributed by atoms with Crippen LogP contribution in [0.1, 0.15) is 25.7 Å². The van der Waals surface area contributed by atoms with Gasteiger partial charge in [0.25, 0.3) is 0 Å². The quantitative estimate of drug-likeness (QED) is 0.772. The molecule has 0 aromatic rings. The Morgan fingerprint density at radius 2 is 1.88 bits per heavy atom. The Balaban J connectivity index is 1.62. The summed E-state index contributed by atoms with van der Waals surface area (Å²) in [5, 5.41) is 0. The van der Waals surface area contributed by atoms with Crippen LogP contribution in [0.2, 0.25) is 0 Å². The molecule has 2 N–H and O–H groups in total. The first-order chi connectivity index (χ1) is 8.25. The maximum absolute atomic E-state index is 11.0. The van der Waals surface area contributed by atoms with Crippen LogP contribution in [0.15, 0.2) is 0 Å². The Hall–Kier alpha value is -0.650. The van der Waals surface area contributed by atoms with Crippen molar-refractivity contribution in [3.05, 3.63) is 0 Å². The van der Waals surface area contributed by atoms with Gasteiger partial charge < -0.3 is 20.1 Å². The molecule has 2 saturated heterocycles. The van der Waals surface area contributed by atoms with Crippen LogP contribution in [-0.2, 0) is 14.3 Å². The van der Waals surface area contributed by atoms with Gasteiger partial charge in [-0.05, 0) is 32.4 Å². The molecule has 0 bridgehead atoms.